The minimum Gasteiger partial charge on any atom is -0.496 e. The van der Waals surface area contributed by atoms with Crippen molar-refractivity contribution in [1.82, 2.24) is 4.98 Å². The van der Waals surface area contributed by atoms with Crippen LogP contribution in [0.3, 0.4) is 0 Å². The average molecular weight is 335 g/mol. The van der Waals surface area contributed by atoms with Crippen molar-refractivity contribution < 1.29 is 14.3 Å². The molecule has 2 rings (SSSR count). The molecule has 0 amide bonds. The second-order valence-corrected chi connectivity index (χ2v) is 5.34. The number of rotatable bonds is 6. The Hall–Kier alpha value is -2.27. The van der Waals surface area contributed by atoms with Crippen LogP contribution in [0.4, 0.5) is 0 Å². The first kappa shape index (κ1) is 17.1. The minimum atomic E-state index is 0.226. The number of benzene rings is 1. The molecule has 2 aromatic rings. The van der Waals surface area contributed by atoms with Crippen LogP contribution in [0.2, 0.25) is 5.02 Å². The van der Waals surface area contributed by atoms with Gasteiger partial charge in [-0.1, -0.05) is 22.8 Å². The number of hydrogen-bond acceptors (Lipinski definition) is 5. The van der Waals surface area contributed by atoms with Crippen LogP contribution in [0.15, 0.2) is 35.5 Å². The molecule has 0 bridgehead atoms. The topological polar surface area (TPSA) is 52.9 Å². The molecule has 6 heteroatoms. The van der Waals surface area contributed by atoms with Gasteiger partial charge in [-0.15, -0.1) is 0 Å². The van der Waals surface area contributed by atoms with Crippen LogP contribution in [0.25, 0.3) is 0 Å². The summed E-state index contributed by atoms with van der Waals surface area (Å²) in [7, 11) is 3.21. The molecule has 0 spiro atoms. The first-order chi connectivity index (χ1) is 11.0. The lowest BCUT2D eigenvalue weighted by atomic mass is 10.2. The van der Waals surface area contributed by atoms with Gasteiger partial charge in [0, 0.05) is 10.7 Å². The molecule has 1 heterocycles. The molecule has 5 nitrogen and oxygen atoms in total. The van der Waals surface area contributed by atoms with Crippen molar-refractivity contribution in [1.29, 1.82) is 0 Å². The minimum absolute atomic E-state index is 0.226. The fourth-order valence-electron chi connectivity index (χ4n) is 2.12. The third-order valence-corrected chi connectivity index (χ3v) is 3.45. The molecule has 0 aliphatic heterocycles. The summed E-state index contributed by atoms with van der Waals surface area (Å²) in [5.74, 6) is 1.38. The Morgan fingerprint density at radius 1 is 1.17 bits per heavy atom. The van der Waals surface area contributed by atoms with E-state index in [0.717, 1.165) is 11.3 Å². The number of aryl methyl sites for hydroxylation is 1. The summed E-state index contributed by atoms with van der Waals surface area (Å²) in [4.78, 5) is 9.83. The second kappa shape index (κ2) is 7.83. The van der Waals surface area contributed by atoms with E-state index in [1.54, 1.807) is 26.4 Å². The molecule has 0 fully saturated rings. The predicted molar refractivity (Wildman–Crippen MR) is 90.5 cm³/mol. The fourth-order valence-corrected chi connectivity index (χ4v) is 2.38. The highest BCUT2D eigenvalue weighted by Crippen LogP contribution is 2.28. The Morgan fingerprint density at radius 3 is 2.39 bits per heavy atom. The molecule has 0 atom stereocenters. The van der Waals surface area contributed by atoms with Gasteiger partial charge >= 0.3 is 0 Å². The number of pyridine rings is 1. The second-order valence-electron chi connectivity index (χ2n) is 4.90. The Bertz CT molecular complexity index is 674. The molecule has 0 saturated carbocycles. The highest BCUT2D eigenvalue weighted by atomic mass is 35.5. The van der Waals surface area contributed by atoms with E-state index in [1.165, 1.54) is 0 Å². The van der Waals surface area contributed by atoms with Crippen molar-refractivity contribution in [2.75, 3.05) is 14.2 Å². The van der Waals surface area contributed by atoms with Crippen molar-refractivity contribution in [3.05, 3.63) is 52.3 Å². The molecule has 23 heavy (non-hydrogen) atoms. The Labute approximate surface area is 140 Å². The maximum absolute atomic E-state index is 6.03. The average Bonchev–Trinajstić information content (AvgIpc) is 2.53. The van der Waals surface area contributed by atoms with Crippen LogP contribution in [0.1, 0.15) is 23.9 Å². The van der Waals surface area contributed by atoms with Gasteiger partial charge in [0.1, 0.15) is 23.8 Å². The zero-order valence-electron chi connectivity index (χ0n) is 13.6. The highest BCUT2D eigenvalue weighted by Gasteiger charge is 2.10. The lowest BCUT2D eigenvalue weighted by Crippen LogP contribution is -2.02. The molecule has 0 unspecified atom stereocenters. The van der Waals surface area contributed by atoms with Gasteiger partial charge < -0.3 is 14.3 Å². The summed E-state index contributed by atoms with van der Waals surface area (Å²) >= 11 is 6.03. The lowest BCUT2D eigenvalue weighted by molar-refractivity contribution is 0.126. The van der Waals surface area contributed by atoms with Crippen LogP contribution < -0.4 is 9.47 Å². The van der Waals surface area contributed by atoms with Crippen molar-refractivity contribution in [3.63, 3.8) is 0 Å². The summed E-state index contributed by atoms with van der Waals surface area (Å²) in [5, 5.41) is 4.73. The number of halogens is 1. The summed E-state index contributed by atoms with van der Waals surface area (Å²) in [5.41, 5.74) is 2.95. The predicted octanol–water partition coefficient (Wildman–Crippen LogP) is 4.00. The summed E-state index contributed by atoms with van der Waals surface area (Å²) in [6.45, 7) is 3.92. The quantitative estimate of drug-likeness (QED) is 0.592. The van der Waals surface area contributed by atoms with Gasteiger partial charge in [-0.25, -0.2) is 0 Å². The fraction of sp³-hybridized carbons (Fsp3) is 0.294. The van der Waals surface area contributed by atoms with Crippen molar-refractivity contribution in [2.24, 2.45) is 5.16 Å². The maximum Gasteiger partial charge on any atom is 0.149 e. The normalized spacial score (nSPS) is 11.3. The van der Waals surface area contributed by atoms with Gasteiger partial charge in [0.15, 0.2) is 0 Å². The SMILES string of the molecule is COc1cccc(OC)c1CON=C(C)c1cc(Cl)cc(C)n1. The van der Waals surface area contributed by atoms with Gasteiger partial charge in [-0.3, -0.25) is 4.98 Å². The molecule has 0 saturated heterocycles. The lowest BCUT2D eigenvalue weighted by Gasteiger charge is -2.12. The van der Waals surface area contributed by atoms with Crippen molar-refractivity contribution in [3.8, 4) is 11.5 Å². The van der Waals surface area contributed by atoms with E-state index in [9.17, 15) is 0 Å². The van der Waals surface area contributed by atoms with E-state index >= 15 is 0 Å². The zero-order valence-corrected chi connectivity index (χ0v) is 14.3. The number of oxime groups is 1. The summed E-state index contributed by atoms with van der Waals surface area (Å²) in [6.07, 6.45) is 0. The number of ether oxygens (including phenoxy) is 2. The molecular formula is C17H19ClN2O3. The smallest absolute Gasteiger partial charge is 0.149 e. The molecule has 0 N–H and O–H groups in total. The van der Waals surface area contributed by atoms with Crippen LogP contribution in [0.5, 0.6) is 11.5 Å². The molecular weight excluding hydrogens is 316 g/mol. The van der Waals surface area contributed by atoms with Crippen LogP contribution in [0, 0.1) is 6.92 Å². The number of hydrogen-bond donors (Lipinski definition) is 0. The Morgan fingerprint density at radius 2 is 1.83 bits per heavy atom. The van der Waals surface area contributed by atoms with Crippen molar-refractivity contribution in [2.45, 2.75) is 20.5 Å². The van der Waals surface area contributed by atoms with Crippen LogP contribution in [-0.2, 0) is 11.4 Å². The summed E-state index contributed by atoms with van der Waals surface area (Å²) in [6, 6.07) is 9.09. The van der Waals surface area contributed by atoms with Gasteiger partial charge in [0.25, 0.3) is 0 Å². The monoisotopic (exact) mass is 334 g/mol. The molecule has 0 aliphatic carbocycles. The van der Waals surface area contributed by atoms with Crippen LogP contribution in [-0.4, -0.2) is 24.9 Å². The Kier molecular flexibility index (Phi) is 5.82. The molecule has 1 aromatic heterocycles. The number of nitrogens with zero attached hydrogens (tertiary/aromatic N) is 2. The van der Waals surface area contributed by atoms with E-state index in [1.807, 2.05) is 32.0 Å². The van der Waals surface area contributed by atoms with E-state index < -0.39 is 0 Å². The van der Waals surface area contributed by atoms with E-state index in [0.29, 0.717) is 27.9 Å². The molecule has 1 aromatic carbocycles. The zero-order chi connectivity index (χ0) is 16.8. The molecule has 122 valence electrons. The number of aromatic nitrogens is 1. The van der Waals surface area contributed by atoms with E-state index in [2.05, 4.69) is 10.1 Å². The van der Waals surface area contributed by atoms with E-state index in [4.69, 9.17) is 25.9 Å². The van der Waals surface area contributed by atoms with Gasteiger partial charge in [0.2, 0.25) is 0 Å². The third-order valence-electron chi connectivity index (χ3n) is 3.23. The maximum atomic E-state index is 6.03. The van der Waals surface area contributed by atoms with Gasteiger partial charge in [-0.05, 0) is 38.1 Å². The molecule has 0 radical (unpaired) electrons. The summed E-state index contributed by atoms with van der Waals surface area (Å²) < 4.78 is 10.6. The largest absolute Gasteiger partial charge is 0.496 e. The van der Waals surface area contributed by atoms with Crippen LogP contribution >= 0.6 is 11.6 Å². The molecule has 0 aliphatic rings. The Balaban J connectivity index is 2.15. The van der Waals surface area contributed by atoms with Crippen molar-refractivity contribution >= 4 is 17.3 Å². The number of methoxy groups -OCH3 is 2. The van der Waals surface area contributed by atoms with E-state index in [-0.39, 0.29) is 6.61 Å². The highest BCUT2D eigenvalue weighted by molar-refractivity contribution is 6.31. The third kappa shape index (κ3) is 4.36. The van der Waals surface area contributed by atoms with Gasteiger partial charge in [-0.2, -0.15) is 0 Å². The first-order valence-electron chi connectivity index (χ1n) is 7.06. The standard InChI is InChI=1S/C17H19ClN2O3/c1-11-8-13(18)9-15(19-11)12(2)20-23-10-14-16(21-3)6-5-7-17(14)22-4/h5-9H,10H2,1-4H3. The first-order valence-corrected chi connectivity index (χ1v) is 7.44. The van der Waals surface area contributed by atoms with Gasteiger partial charge in [0.05, 0.1) is 25.5 Å².